The van der Waals surface area contributed by atoms with Gasteiger partial charge in [-0.25, -0.2) is 27.7 Å². The van der Waals surface area contributed by atoms with Gasteiger partial charge in [0.1, 0.15) is 16.4 Å². The second-order valence-corrected chi connectivity index (χ2v) is 9.70. The Morgan fingerprint density at radius 2 is 2.15 bits per heavy atom. The van der Waals surface area contributed by atoms with Crippen molar-refractivity contribution in [1.29, 1.82) is 0 Å². The molecule has 33 heavy (non-hydrogen) atoms. The smallest absolute Gasteiger partial charge is 0.409 e. The van der Waals surface area contributed by atoms with Crippen LogP contribution >= 0.6 is 11.6 Å². The van der Waals surface area contributed by atoms with Gasteiger partial charge in [-0.15, -0.1) is 0 Å². The van der Waals surface area contributed by atoms with E-state index < -0.39 is 26.8 Å². The summed E-state index contributed by atoms with van der Waals surface area (Å²) in [5, 5.41) is 5.08. The maximum absolute atomic E-state index is 14.7. The number of morpholine rings is 1. The van der Waals surface area contributed by atoms with Crippen LogP contribution in [0.5, 0.6) is 0 Å². The van der Waals surface area contributed by atoms with Crippen LogP contribution in [-0.4, -0.2) is 61.7 Å². The van der Waals surface area contributed by atoms with E-state index in [0.717, 1.165) is 17.7 Å². The molecule has 0 bridgehead atoms. The number of primary sulfonamides is 1. The molecule has 1 atom stereocenters. The van der Waals surface area contributed by atoms with Crippen molar-refractivity contribution in [3.63, 3.8) is 0 Å². The molecule has 0 saturated carbocycles. The lowest BCUT2D eigenvalue weighted by atomic mass is 10.0. The number of hydrogen-bond donors (Lipinski definition) is 1. The molecule has 2 N–H and O–H groups in total. The molecule has 0 unspecified atom stereocenters. The number of imidazole rings is 1. The molecule has 1 fully saturated rings. The standard InChI is InChI=1S/C21H22ClFN4O5S/c1-12-3-4-27-17(8-13-11-26(5-6-32-13)21(28)31-2)20(25-19(27)7-12)14-9-16(23)18(10-15(14)22)33(24,29)30/h3-4,7,9-10,13H,5-6,8,11H2,1-2H3,(H2,24,29,30)/t13-/m0/s1. The van der Waals surface area contributed by atoms with Crippen LogP contribution in [0.25, 0.3) is 16.9 Å². The third kappa shape index (κ3) is 4.67. The number of methoxy groups -OCH3 is 1. The molecule has 1 amide bonds. The summed E-state index contributed by atoms with van der Waals surface area (Å²) in [5.41, 5.74) is 2.85. The Kier molecular flexibility index (Phi) is 6.32. The van der Waals surface area contributed by atoms with Crippen LogP contribution in [0.4, 0.5) is 9.18 Å². The van der Waals surface area contributed by atoms with E-state index >= 15 is 0 Å². The van der Waals surface area contributed by atoms with Gasteiger partial charge in [-0.1, -0.05) is 11.6 Å². The van der Waals surface area contributed by atoms with Crippen molar-refractivity contribution in [2.45, 2.75) is 24.3 Å². The molecule has 1 aliphatic rings. The summed E-state index contributed by atoms with van der Waals surface area (Å²) in [6.45, 7) is 2.97. The van der Waals surface area contributed by atoms with E-state index in [0.29, 0.717) is 43.2 Å². The zero-order valence-electron chi connectivity index (χ0n) is 17.9. The van der Waals surface area contributed by atoms with Gasteiger partial charge >= 0.3 is 6.09 Å². The zero-order valence-corrected chi connectivity index (χ0v) is 19.5. The number of nitrogens with zero attached hydrogens (tertiary/aromatic N) is 3. The number of aryl methyl sites for hydroxylation is 1. The molecular weight excluding hydrogens is 475 g/mol. The minimum absolute atomic E-state index is 0.0115. The molecule has 2 aromatic heterocycles. The van der Waals surface area contributed by atoms with Crippen LogP contribution in [0.3, 0.4) is 0 Å². The first-order valence-electron chi connectivity index (χ1n) is 10.0. The van der Waals surface area contributed by atoms with Crippen LogP contribution in [0.1, 0.15) is 11.3 Å². The Labute approximate surface area is 194 Å². The summed E-state index contributed by atoms with van der Waals surface area (Å²) in [6.07, 6.45) is 1.36. The van der Waals surface area contributed by atoms with E-state index in [1.165, 1.54) is 7.11 Å². The number of fused-ring (bicyclic) bond motifs is 1. The fourth-order valence-corrected chi connectivity index (χ4v) is 4.82. The molecule has 3 heterocycles. The summed E-state index contributed by atoms with van der Waals surface area (Å²) in [5.74, 6) is -1.03. The number of sulfonamides is 1. The Balaban J connectivity index is 1.81. The van der Waals surface area contributed by atoms with Crippen molar-refractivity contribution < 1.29 is 27.1 Å². The van der Waals surface area contributed by atoms with E-state index in [4.69, 9.17) is 26.2 Å². The summed E-state index contributed by atoms with van der Waals surface area (Å²) < 4.78 is 50.5. The van der Waals surface area contributed by atoms with Gasteiger partial charge in [-0.05, 0) is 36.8 Å². The van der Waals surface area contributed by atoms with Gasteiger partial charge in [-0.3, -0.25) is 0 Å². The van der Waals surface area contributed by atoms with Gasteiger partial charge < -0.3 is 18.8 Å². The van der Waals surface area contributed by atoms with Crippen LogP contribution in [-0.2, 0) is 25.9 Å². The fraction of sp³-hybridized carbons (Fsp3) is 0.333. The van der Waals surface area contributed by atoms with E-state index in [1.54, 1.807) is 4.90 Å². The summed E-state index contributed by atoms with van der Waals surface area (Å²) in [7, 11) is -2.97. The Hall–Kier alpha value is -2.73. The molecule has 0 aliphatic carbocycles. The Bertz CT molecular complexity index is 1340. The van der Waals surface area contributed by atoms with E-state index in [-0.39, 0.29) is 16.7 Å². The number of pyridine rings is 1. The highest BCUT2D eigenvalue weighted by Gasteiger charge is 2.28. The van der Waals surface area contributed by atoms with Gasteiger partial charge in [0, 0.05) is 24.7 Å². The highest BCUT2D eigenvalue weighted by molar-refractivity contribution is 7.89. The fourth-order valence-electron chi connectivity index (χ4n) is 3.89. The summed E-state index contributed by atoms with van der Waals surface area (Å²) in [6, 6.07) is 5.76. The number of carbonyl (C=O) groups excluding carboxylic acids is 1. The Morgan fingerprint density at radius 1 is 1.39 bits per heavy atom. The van der Waals surface area contributed by atoms with Crippen molar-refractivity contribution in [2.75, 3.05) is 26.8 Å². The number of amides is 1. The molecular formula is C21H22ClFN4O5S. The maximum atomic E-state index is 14.7. The number of hydrogen-bond acceptors (Lipinski definition) is 6. The van der Waals surface area contributed by atoms with Crippen LogP contribution in [0.15, 0.2) is 35.4 Å². The van der Waals surface area contributed by atoms with Crippen molar-refractivity contribution in [1.82, 2.24) is 14.3 Å². The number of rotatable bonds is 4. The third-order valence-electron chi connectivity index (χ3n) is 5.46. The lowest BCUT2D eigenvalue weighted by molar-refractivity contribution is -0.0241. The minimum atomic E-state index is -4.29. The van der Waals surface area contributed by atoms with Gasteiger partial charge in [0.25, 0.3) is 0 Å². The van der Waals surface area contributed by atoms with Crippen molar-refractivity contribution in [2.24, 2.45) is 5.14 Å². The minimum Gasteiger partial charge on any atom is -0.453 e. The predicted octanol–water partition coefficient (Wildman–Crippen LogP) is 2.76. The van der Waals surface area contributed by atoms with Crippen LogP contribution in [0, 0.1) is 12.7 Å². The second kappa shape index (κ2) is 8.90. The molecule has 0 spiro atoms. The number of carbonyl (C=O) groups is 1. The first-order valence-corrected chi connectivity index (χ1v) is 11.9. The highest BCUT2D eigenvalue weighted by atomic mass is 35.5. The molecule has 1 aliphatic heterocycles. The lowest BCUT2D eigenvalue weighted by Crippen LogP contribution is -2.46. The first-order chi connectivity index (χ1) is 15.6. The predicted molar refractivity (Wildman–Crippen MR) is 119 cm³/mol. The second-order valence-electron chi connectivity index (χ2n) is 7.76. The molecule has 176 valence electrons. The van der Waals surface area contributed by atoms with E-state index in [9.17, 15) is 17.6 Å². The highest BCUT2D eigenvalue weighted by Crippen LogP contribution is 2.35. The maximum Gasteiger partial charge on any atom is 0.409 e. The molecule has 1 saturated heterocycles. The zero-order chi connectivity index (χ0) is 23.9. The average Bonchev–Trinajstić information content (AvgIpc) is 3.10. The SMILES string of the molecule is COC(=O)N1CCO[C@@H](Cc2c(-c3cc(F)c(S(N)(=O)=O)cc3Cl)nc3cc(C)ccn23)C1. The monoisotopic (exact) mass is 496 g/mol. The van der Waals surface area contributed by atoms with Gasteiger partial charge in [-0.2, -0.15) is 0 Å². The van der Waals surface area contributed by atoms with Gasteiger partial charge in [0.05, 0.1) is 42.8 Å². The molecule has 12 heteroatoms. The van der Waals surface area contributed by atoms with E-state index in [1.807, 2.05) is 29.7 Å². The number of aromatic nitrogens is 2. The molecule has 3 aromatic rings. The Morgan fingerprint density at radius 3 is 2.85 bits per heavy atom. The number of benzene rings is 1. The molecule has 1 aromatic carbocycles. The first kappa shape index (κ1) is 23.4. The van der Waals surface area contributed by atoms with E-state index in [2.05, 4.69) is 4.98 Å². The van der Waals surface area contributed by atoms with Crippen molar-refractivity contribution in [3.05, 3.63) is 52.6 Å². The van der Waals surface area contributed by atoms with Crippen molar-refractivity contribution in [3.8, 4) is 11.3 Å². The lowest BCUT2D eigenvalue weighted by Gasteiger charge is -2.32. The number of ether oxygens (including phenoxy) is 2. The van der Waals surface area contributed by atoms with Gasteiger partial charge in [0.15, 0.2) is 0 Å². The number of nitrogens with two attached hydrogens (primary N) is 1. The van der Waals surface area contributed by atoms with Crippen LogP contribution < -0.4 is 5.14 Å². The molecule has 9 nitrogen and oxygen atoms in total. The quantitative estimate of drug-likeness (QED) is 0.593. The summed E-state index contributed by atoms with van der Waals surface area (Å²) >= 11 is 6.36. The average molecular weight is 497 g/mol. The topological polar surface area (TPSA) is 116 Å². The third-order valence-corrected chi connectivity index (χ3v) is 6.70. The molecule has 4 rings (SSSR count). The number of halogens is 2. The van der Waals surface area contributed by atoms with Crippen molar-refractivity contribution >= 4 is 33.4 Å². The van der Waals surface area contributed by atoms with Crippen LogP contribution in [0.2, 0.25) is 5.02 Å². The summed E-state index contributed by atoms with van der Waals surface area (Å²) in [4.78, 5) is 17.5. The largest absolute Gasteiger partial charge is 0.453 e. The van der Waals surface area contributed by atoms with Gasteiger partial charge in [0.2, 0.25) is 10.0 Å². The molecule has 0 radical (unpaired) electrons. The normalized spacial score (nSPS) is 16.9.